The molecule has 1 aliphatic heterocycles. The van der Waals surface area contributed by atoms with Gasteiger partial charge in [-0.2, -0.15) is 0 Å². The van der Waals surface area contributed by atoms with Gasteiger partial charge in [-0.3, -0.25) is 24.1 Å². The summed E-state index contributed by atoms with van der Waals surface area (Å²) in [5, 5.41) is 0.277. The first-order chi connectivity index (χ1) is 10.3. The van der Waals surface area contributed by atoms with E-state index in [2.05, 4.69) is 4.74 Å². The number of ether oxygens (including phenoxy) is 1. The summed E-state index contributed by atoms with van der Waals surface area (Å²) in [7, 11) is 1.13. The van der Waals surface area contributed by atoms with Gasteiger partial charge in [0, 0.05) is 6.54 Å². The van der Waals surface area contributed by atoms with Gasteiger partial charge in [0.25, 0.3) is 11.8 Å². The first-order valence-corrected chi connectivity index (χ1v) is 6.97. The Hall–Kier alpha value is -1.92. The van der Waals surface area contributed by atoms with E-state index in [-0.39, 0.29) is 27.7 Å². The highest BCUT2D eigenvalue weighted by molar-refractivity contribution is 6.43. The fourth-order valence-electron chi connectivity index (χ4n) is 2.14. The number of fused-ring (bicyclic) bond motifs is 1. The molecule has 1 aromatic carbocycles. The second-order valence-electron chi connectivity index (χ2n) is 4.72. The predicted molar refractivity (Wildman–Crippen MR) is 78.0 cm³/mol. The molecule has 1 heterocycles. The molecular weight excluding hydrogens is 333 g/mol. The largest absolute Gasteiger partial charge is 0.468 e. The maximum atomic E-state index is 12.3. The minimum absolute atomic E-state index is 0.0894. The SMILES string of the molecule is COC(=O)C(CN1C(=O)c2cc(Cl)c(Cl)cc2C1=O)C(C)=O. The lowest BCUT2D eigenvalue weighted by Crippen LogP contribution is -2.40. The molecule has 1 aliphatic rings. The minimum atomic E-state index is -1.22. The second kappa shape index (κ2) is 6.06. The molecule has 6 nitrogen and oxygen atoms in total. The minimum Gasteiger partial charge on any atom is -0.468 e. The van der Waals surface area contributed by atoms with Crippen LogP contribution in [-0.2, 0) is 14.3 Å². The Bertz CT molecular complexity index is 660. The quantitative estimate of drug-likeness (QED) is 0.474. The van der Waals surface area contributed by atoms with E-state index in [1.54, 1.807) is 0 Å². The third-order valence-corrected chi connectivity index (χ3v) is 4.08. The normalized spacial score (nSPS) is 14.8. The average molecular weight is 344 g/mol. The fourth-order valence-corrected chi connectivity index (χ4v) is 2.47. The van der Waals surface area contributed by atoms with E-state index in [4.69, 9.17) is 23.2 Å². The maximum absolute atomic E-state index is 12.3. The number of hydrogen-bond donors (Lipinski definition) is 0. The molecule has 1 aromatic rings. The topological polar surface area (TPSA) is 80.8 Å². The van der Waals surface area contributed by atoms with Gasteiger partial charge < -0.3 is 4.74 Å². The van der Waals surface area contributed by atoms with Crippen molar-refractivity contribution in [2.45, 2.75) is 6.92 Å². The number of amides is 2. The van der Waals surface area contributed by atoms with Crippen LogP contribution in [0.3, 0.4) is 0 Å². The van der Waals surface area contributed by atoms with Crippen molar-refractivity contribution in [3.8, 4) is 0 Å². The van der Waals surface area contributed by atoms with Gasteiger partial charge in [0.1, 0.15) is 11.7 Å². The first-order valence-electron chi connectivity index (χ1n) is 6.21. The van der Waals surface area contributed by atoms with Crippen LogP contribution in [0, 0.1) is 5.92 Å². The van der Waals surface area contributed by atoms with Crippen molar-refractivity contribution in [2.24, 2.45) is 5.92 Å². The number of methoxy groups -OCH3 is 1. The summed E-state index contributed by atoms with van der Waals surface area (Å²) in [6.07, 6.45) is 0. The number of carbonyl (C=O) groups is 4. The van der Waals surface area contributed by atoms with Crippen molar-refractivity contribution in [1.29, 1.82) is 0 Å². The summed E-state index contributed by atoms with van der Waals surface area (Å²) >= 11 is 11.7. The third-order valence-electron chi connectivity index (χ3n) is 3.35. The van der Waals surface area contributed by atoms with Gasteiger partial charge >= 0.3 is 5.97 Å². The van der Waals surface area contributed by atoms with Crippen molar-refractivity contribution in [3.05, 3.63) is 33.3 Å². The summed E-state index contributed by atoms with van der Waals surface area (Å²) < 4.78 is 4.52. The van der Waals surface area contributed by atoms with Crippen LogP contribution in [0.4, 0.5) is 0 Å². The molecule has 1 atom stereocenters. The number of carbonyl (C=O) groups excluding carboxylic acids is 4. The highest BCUT2D eigenvalue weighted by atomic mass is 35.5. The fraction of sp³-hybridized carbons (Fsp3) is 0.286. The summed E-state index contributed by atoms with van der Waals surface area (Å²) in [6, 6.07) is 2.58. The summed E-state index contributed by atoms with van der Waals surface area (Å²) in [5.41, 5.74) is 0.179. The average Bonchev–Trinajstić information content (AvgIpc) is 2.68. The van der Waals surface area contributed by atoms with E-state index in [0.717, 1.165) is 12.0 Å². The predicted octanol–water partition coefficient (Wildman–Crippen LogP) is 1.97. The standard InChI is InChI=1S/C14H11Cl2NO5/c1-6(18)9(14(21)22-2)5-17-12(19)7-3-10(15)11(16)4-8(7)13(17)20/h3-4,9H,5H2,1-2H3. The van der Waals surface area contributed by atoms with E-state index in [1.165, 1.54) is 19.1 Å². The van der Waals surface area contributed by atoms with E-state index >= 15 is 0 Å². The summed E-state index contributed by atoms with van der Waals surface area (Å²) in [4.78, 5) is 48.5. The number of imide groups is 1. The molecule has 0 saturated heterocycles. The number of benzene rings is 1. The highest BCUT2D eigenvalue weighted by Crippen LogP contribution is 2.31. The lowest BCUT2D eigenvalue weighted by molar-refractivity contribution is -0.149. The monoisotopic (exact) mass is 343 g/mol. The molecule has 0 radical (unpaired) electrons. The zero-order chi connectivity index (χ0) is 16.6. The lowest BCUT2D eigenvalue weighted by atomic mass is 10.1. The van der Waals surface area contributed by atoms with Crippen molar-refractivity contribution < 1.29 is 23.9 Å². The number of nitrogens with zero attached hydrogens (tertiary/aromatic N) is 1. The molecule has 0 aliphatic carbocycles. The van der Waals surface area contributed by atoms with Crippen molar-refractivity contribution in [3.63, 3.8) is 0 Å². The van der Waals surface area contributed by atoms with Gasteiger partial charge in [-0.25, -0.2) is 0 Å². The molecular formula is C14H11Cl2NO5. The zero-order valence-corrected chi connectivity index (χ0v) is 13.2. The Morgan fingerprint density at radius 3 is 1.95 bits per heavy atom. The molecule has 0 spiro atoms. The van der Waals surface area contributed by atoms with Crippen LogP contribution in [0.2, 0.25) is 10.0 Å². The van der Waals surface area contributed by atoms with Crippen LogP contribution in [0.25, 0.3) is 0 Å². The van der Waals surface area contributed by atoms with E-state index in [1.807, 2.05) is 0 Å². The van der Waals surface area contributed by atoms with Gasteiger partial charge in [0.15, 0.2) is 0 Å². The molecule has 116 valence electrons. The van der Waals surface area contributed by atoms with Gasteiger partial charge in [-0.1, -0.05) is 23.2 Å². The number of halogens is 2. The van der Waals surface area contributed by atoms with Crippen LogP contribution in [0.5, 0.6) is 0 Å². The highest BCUT2D eigenvalue weighted by Gasteiger charge is 2.40. The van der Waals surface area contributed by atoms with Crippen LogP contribution in [0.1, 0.15) is 27.6 Å². The lowest BCUT2D eigenvalue weighted by Gasteiger charge is -2.18. The first kappa shape index (κ1) is 16.5. The molecule has 0 fully saturated rings. The molecule has 0 saturated carbocycles. The Morgan fingerprint density at radius 2 is 1.59 bits per heavy atom. The molecule has 0 N–H and O–H groups in total. The molecule has 2 amide bonds. The Morgan fingerprint density at radius 1 is 1.14 bits per heavy atom. The maximum Gasteiger partial charge on any atom is 0.318 e. The summed E-state index contributed by atoms with van der Waals surface area (Å²) in [5.74, 6) is -3.79. The van der Waals surface area contributed by atoms with Crippen molar-refractivity contribution in [1.82, 2.24) is 4.90 Å². The van der Waals surface area contributed by atoms with Crippen LogP contribution >= 0.6 is 23.2 Å². The van der Waals surface area contributed by atoms with E-state index in [9.17, 15) is 19.2 Å². The van der Waals surface area contributed by atoms with E-state index < -0.39 is 29.5 Å². The van der Waals surface area contributed by atoms with Crippen molar-refractivity contribution in [2.75, 3.05) is 13.7 Å². The van der Waals surface area contributed by atoms with Crippen molar-refractivity contribution >= 4 is 46.8 Å². The Labute approximate surface area is 135 Å². The summed E-state index contributed by atoms with van der Waals surface area (Å²) in [6.45, 7) is 0.803. The number of Topliss-reactive ketones (excluding diaryl/α,β-unsaturated/α-hetero) is 1. The number of rotatable bonds is 4. The van der Waals surface area contributed by atoms with Gasteiger partial charge in [0.2, 0.25) is 0 Å². The molecule has 2 rings (SSSR count). The van der Waals surface area contributed by atoms with Gasteiger partial charge in [0.05, 0.1) is 28.3 Å². The van der Waals surface area contributed by atoms with Gasteiger partial charge in [-0.15, -0.1) is 0 Å². The molecule has 8 heteroatoms. The van der Waals surface area contributed by atoms with Crippen LogP contribution in [-0.4, -0.2) is 42.1 Å². The molecule has 0 bridgehead atoms. The molecule has 0 aromatic heterocycles. The smallest absolute Gasteiger partial charge is 0.318 e. The number of hydrogen-bond acceptors (Lipinski definition) is 5. The van der Waals surface area contributed by atoms with E-state index in [0.29, 0.717) is 0 Å². The Balaban J connectivity index is 2.35. The third kappa shape index (κ3) is 2.71. The zero-order valence-electron chi connectivity index (χ0n) is 11.7. The second-order valence-corrected chi connectivity index (χ2v) is 5.53. The molecule has 1 unspecified atom stereocenters. The van der Waals surface area contributed by atoms with Crippen LogP contribution in [0.15, 0.2) is 12.1 Å². The molecule has 22 heavy (non-hydrogen) atoms. The Kier molecular flexibility index (Phi) is 4.53. The van der Waals surface area contributed by atoms with Crippen LogP contribution < -0.4 is 0 Å². The van der Waals surface area contributed by atoms with Gasteiger partial charge in [-0.05, 0) is 19.1 Å². The number of ketones is 1. The number of esters is 1.